The SMILES string of the molecule is Cc1cc(N)cc(NCC2(C3CC3)CC2)c1. The summed E-state index contributed by atoms with van der Waals surface area (Å²) in [5.74, 6) is 1.02. The van der Waals surface area contributed by atoms with Gasteiger partial charge in [-0.05, 0) is 67.7 Å². The molecule has 2 nitrogen and oxygen atoms in total. The number of hydrogen-bond donors (Lipinski definition) is 2. The summed E-state index contributed by atoms with van der Waals surface area (Å²) in [6, 6.07) is 6.23. The van der Waals surface area contributed by atoms with E-state index in [4.69, 9.17) is 5.73 Å². The highest BCUT2D eigenvalue weighted by molar-refractivity contribution is 5.56. The molecule has 1 aromatic carbocycles. The summed E-state index contributed by atoms with van der Waals surface area (Å²) in [5.41, 5.74) is 9.78. The van der Waals surface area contributed by atoms with Gasteiger partial charge < -0.3 is 11.1 Å². The van der Waals surface area contributed by atoms with Gasteiger partial charge >= 0.3 is 0 Å². The van der Waals surface area contributed by atoms with Crippen LogP contribution in [-0.4, -0.2) is 6.54 Å². The van der Waals surface area contributed by atoms with E-state index >= 15 is 0 Å². The van der Waals surface area contributed by atoms with Crippen molar-refractivity contribution in [2.45, 2.75) is 32.6 Å². The highest BCUT2D eigenvalue weighted by atomic mass is 14.9. The average molecular weight is 216 g/mol. The van der Waals surface area contributed by atoms with Crippen LogP contribution in [0.5, 0.6) is 0 Å². The van der Waals surface area contributed by atoms with E-state index in [1.54, 1.807) is 0 Å². The van der Waals surface area contributed by atoms with Crippen molar-refractivity contribution in [2.24, 2.45) is 11.3 Å². The Morgan fingerprint density at radius 3 is 2.62 bits per heavy atom. The molecule has 3 rings (SSSR count). The number of nitrogens with one attached hydrogen (secondary N) is 1. The Bertz CT molecular complexity index is 383. The van der Waals surface area contributed by atoms with Crippen molar-refractivity contribution in [1.29, 1.82) is 0 Å². The molecule has 2 aliphatic carbocycles. The molecule has 0 saturated heterocycles. The van der Waals surface area contributed by atoms with E-state index in [9.17, 15) is 0 Å². The molecule has 2 saturated carbocycles. The van der Waals surface area contributed by atoms with Crippen LogP contribution in [0.3, 0.4) is 0 Å². The highest BCUT2D eigenvalue weighted by Gasteiger charge is 2.53. The normalized spacial score (nSPS) is 21.8. The summed E-state index contributed by atoms with van der Waals surface area (Å²) >= 11 is 0. The fraction of sp³-hybridized carbons (Fsp3) is 0.571. The van der Waals surface area contributed by atoms with Crippen molar-refractivity contribution in [3.05, 3.63) is 23.8 Å². The van der Waals surface area contributed by atoms with Crippen LogP contribution >= 0.6 is 0 Å². The Balaban J connectivity index is 1.65. The fourth-order valence-corrected chi connectivity index (χ4v) is 2.78. The zero-order chi connectivity index (χ0) is 11.2. The predicted octanol–water partition coefficient (Wildman–Crippen LogP) is 3.18. The molecule has 1 aromatic rings. The van der Waals surface area contributed by atoms with E-state index in [1.807, 2.05) is 12.1 Å². The molecule has 0 spiro atoms. The second-order valence-corrected chi connectivity index (χ2v) is 5.62. The minimum absolute atomic E-state index is 0.651. The van der Waals surface area contributed by atoms with Crippen LogP contribution in [0.1, 0.15) is 31.2 Å². The number of nitrogens with two attached hydrogens (primary N) is 1. The van der Waals surface area contributed by atoms with Gasteiger partial charge in [-0.25, -0.2) is 0 Å². The fourth-order valence-electron chi connectivity index (χ4n) is 2.78. The maximum absolute atomic E-state index is 5.85. The van der Waals surface area contributed by atoms with Gasteiger partial charge in [-0.2, -0.15) is 0 Å². The molecule has 0 aliphatic heterocycles. The largest absolute Gasteiger partial charge is 0.399 e. The Morgan fingerprint density at radius 1 is 1.31 bits per heavy atom. The maximum atomic E-state index is 5.85. The molecule has 0 unspecified atom stereocenters. The second kappa shape index (κ2) is 3.41. The molecule has 0 bridgehead atoms. The van der Waals surface area contributed by atoms with Crippen molar-refractivity contribution in [2.75, 3.05) is 17.6 Å². The minimum Gasteiger partial charge on any atom is -0.399 e. The maximum Gasteiger partial charge on any atom is 0.0363 e. The van der Waals surface area contributed by atoms with E-state index < -0.39 is 0 Å². The third kappa shape index (κ3) is 1.89. The Hall–Kier alpha value is -1.18. The predicted molar refractivity (Wildman–Crippen MR) is 68.5 cm³/mol. The molecule has 0 aromatic heterocycles. The van der Waals surface area contributed by atoms with Crippen molar-refractivity contribution in [3.8, 4) is 0 Å². The van der Waals surface area contributed by atoms with Gasteiger partial charge in [0.15, 0.2) is 0 Å². The standard InChI is InChI=1S/C14H20N2/c1-10-6-12(15)8-13(7-10)16-9-14(4-5-14)11-2-3-11/h6-8,11,16H,2-5,9,15H2,1H3. The first kappa shape index (κ1) is 10.0. The van der Waals surface area contributed by atoms with E-state index in [0.717, 1.165) is 18.2 Å². The van der Waals surface area contributed by atoms with Gasteiger partial charge in [0.2, 0.25) is 0 Å². The topological polar surface area (TPSA) is 38.0 Å². The Labute approximate surface area is 97.2 Å². The number of hydrogen-bond acceptors (Lipinski definition) is 2. The monoisotopic (exact) mass is 216 g/mol. The van der Waals surface area contributed by atoms with Gasteiger partial charge in [0.05, 0.1) is 0 Å². The Morgan fingerprint density at radius 2 is 2.06 bits per heavy atom. The van der Waals surface area contributed by atoms with Crippen molar-refractivity contribution < 1.29 is 0 Å². The summed E-state index contributed by atoms with van der Waals surface area (Å²) in [6.07, 6.45) is 5.76. The van der Waals surface area contributed by atoms with E-state index in [2.05, 4.69) is 18.3 Å². The van der Waals surface area contributed by atoms with Gasteiger partial charge in [0.1, 0.15) is 0 Å². The lowest BCUT2D eigenvalue weighted by Gasteiger charge is -2.16. The van der Waals surface area contributed by atoms with Crippen LogP contribution in [0.25, 0.3) is 0 Å². The van der Waals surface area contributed by atoms with Crippen molar-refractivity contribution >= 4 is 11.4 Å². The first-order valence-corrected chi connectivity index (χ1v) is 6.29. The third-order valence-electron chi connectivity index (χ3n) is 4.08. The number of benzene rings is 1. The van der Waals surface area contributed by atoms with Gasteiger partial charge in [0.25, 0.3) is 0 Å². The second-order valence-electron chi connectivity index (χ2n) is 5.62. The molecule has 3 N–H and O–H groups in total. The van der Waals surface area contributed by atoms with Crippen LogP contribution in [-0.2, 0) is 0 Å². The molecule has 16 heavy (non-hydrogen) atoms. The highest BCUT2D eigenvalue weighted by Crippen LogP contribution is 2.61. The van der Waals surface area contributed by atoms with Crippen molar-refractivity contribution in [3.63, 3.8) is 0 Å². The lowest BCUT2D eigenvalue weighted by molar-refractivity contribution is 0.467. The molecule has 2 fully saturated rings. The molecule has 0 atom stereocenters. The summed E-state index contributed by atoms with van der Waals surface area (Å²) in [6.45, 7) is 3.23. The van der Waals surface area contributed by atoms with Crippen LogP contribution in [0.15, 0.2) is 18.2 Å². The number of rotatable bonds is 4. The average Bonchev–Trinajstić information content (AvgIpc) is 3.07. The van der Waals surface area contributed by atoms with Crippen LogP contribution in [0.4, 0.5) is 11.4 Å². The van der Waals surface area contributed by atoms with Gasteiger partial charge in [0, 0.05) is 17.9 Å². The van der Waals surface area contributed by atoms with E-state index in [-0.39, 0.29) is 0 Å². The van der Waals surface area contributed by atoms with Crippen LogP contribution < -0.4 is 11.1 Å². The molecule has 0 radical (unpaired) electrons. The van der Waals surface area contributed by atoms with Gasteiger partial charge in [-0.1, -0.05) is 0 Å². The van der Waals surface area contributed by atoms with Gasteiger partial charge in [-0.15, -0.1) is 0 Å². The zero-order valence-corrected chi connectivity index (χ0v) is 9.92. The molecule has 2 heteroatoms. The Kier molecular flexibility index (Phi) is 2.13. The first-order valence-electron chi connectivity index (χ1n) is 6.29. The van der Waals surface area contributed by atoms with E-state index in [0.29, 0.717) is 5.41 Å². The molecule has 0 amide bonds. The first-order chi connectivity index (χ1) is 7.68. The molecular formula is C14H20N2. The van der Waals surface area contributed by atoms with Gasteiger partial charge in [-0.3, -0.25) is 0 Å². The van der Waals surface area contributed by atoms with Crippen LogP contribution in [0.2, 0.25) is 0 Å². The number of aryl methyl sites for hydroxylation is 1. The number of nitrogen functional groups attached to an aromatic ring is 1. The summed E-state index contributed by atoms with van der Waals surface area (Å²) in [4.78, 5) is 0. The molecule has 0 heterocycles. The third-order valence-corrected chi connectivity index (χ3v) is 4.08. The van der Waals surface area contributed by atoms with Crippen LogP contribution in [0, 0.1) is 18.3 Å². The quantitative estimate of drug-likeness (QED) is 0.759. The number of anilines is 2. The molecular weight excluding hydrogens is 196 g/mol. The molecule has 2 aliphatic rings. The molecule has 86 valence electrons. The minimum atomic E-state index is 0.651. The van der Waals surface area contributed by atoms with Crippen molar-refractivity contribution in [1.82, 2.24) is 0 Å². The lowest BCUT2D eigenvalue weighted by atomic mass is 10.0. The lowest BCUT2D eigenvalue weighted by Crippen LogP contribution is -2.17. The summed E-state index contributed by atoms with van der Waals surface area (Å²) in [5, 5.41) is 3.57. The zero-order valence-electron chi connectivity index (χ0n) is 9.92. The van der Waals surface area contributed by atoms with E-state index in [1.165, 1.54) is 36.9 Å². The summed E-state index contributed by atoms with van der Waals surface area (Å²) < 4.78 is 0. The summed E-state index contributed by atoms with van der Waals surface area (Å²) in [7, 11) is 0. The smallest absolute Gasteiger partial charge is 0.0363 e.